The van der Waals surface area contributed by atoms with Gasteiger partial charge in [0.05, 0.1) is 11.2 Å². The number of nitrogens with one attached hydrogen (secondary N) is 3. The molecule has 4 rings (SSSR count). The van der Waals surface area contributed by atoms with Crippen molar-refractivity contribution in [1.29, 1.82) is 0 Å². The molecule has 152 valence electrons. The van der Waals surface area contributed by atoms with Crippen molar-refractivity contribution in [3.63, 3.8) is 0 Å². The quantitative estimate of drug-likeness (QED) is 0.550. The Morgan fingerprint density at radius 1 is 1.07 bits per heavy atom. The highest BCUT2D eigenvalue weighted by molar-refractivity contribution is 5.92. The van der Waals surface area contributed by atoms with Crippen LogP contribution >= 0.6 is 0 Å². The van der Waals surface area contributed by atoms with Gasteiger partial charge in [-0.25, -0.2) is 18.0 Å². The third-order valence-corrected chi connectivity index (χ3v) is 5.53. The molecular weight excluding hydrogens is 379 g/mol. The van der Waals surface area contributed by atoms with Gasteiger partial charge in [0, 0.05) is 24.5 Å². The number of aromatic nitrogens is 1. The second kappa shape index (κ2) is 7.81. The first-order valence-corrected chi connectivity index (χ1v) is 9.74. The Balaban J connectivity index is 1.64. The molecule has 0 saturated heterocycles. The van der Waals surface area contributed by atoms with E-state index in [4.69, 9.17) is 0 Å². The molecule has 2 amide bonds. The number of hydrogen-bond acceptors (Lipinski definition) is 1. The molecule has 0 spiro atoms. The SMILES string of the molecule is CCNC(=O)NCC1CC(c2c(-c3ccc(F)cc3)[nH]c3c(F)cc(F)cc23)C1. The maximum Gasteiger partial charge on any atom is 0.314 e. The van der Waals surface area contributed by atoms with Crippen LogP contribution in [0.3, 0.4) is 0 Å². The minimum atomic E-state index is -0.650. The fourth-order valence-electron chi connectivity index (χ4n) is 4.11. The normalized spacial score (nSPS) is 18.5. The number of benzene rings is 2. The van der Waals surface area contributed by atoms with E-state index < -0.39 is 11.6 Å². The molecule has 7 heteroatoms. The van der Waals surface area contributed by atoms with Crippen LogP contribution in [0, 0.1) is 23.4 Å². The fraction of sp³-hybridized carbons (Fsp3) is 0.318. The number of carbonyl (C=O) groups excluding carboxylic acids is 1. The van der Waals surface area contributed by atoms with Crippen LogP contribution in [0.25, 0.3) is 22.2 Å². The molecule has 1 fully saturated rings. The van der Waals surface area contributed by atoms with Crippen molar-refractivity contribution in [2.75, 3.05) is 13.1 Å². The van der Waals surface area contributed by atoms with Crippen LogP contribution in [0.15, 0.2) is 36.4 Å². The predicted octanol–water partition coefficient (Wildman–Crippen LogP) is 5.06. The molecule has 3 aromatic rings. The number of halogens is 3. The maximum atomic E-state index is 14.4. The van der Waals surface area contributed by atoms with E-state index in [1.807, 2.05) is 6.92 Å². The van der Waals surface area contributed by atoms with Gasteiger partial charge in [-0.05, 0) is 73.1 Å². The molecule has 0 bridgehead atoms. The minimum absolute atomic E-state index is 0.103. The zero-order valence-corrected chi connectivity index (χ0v) is 16.0. The molecule has 1 aromatic heterocycles. The van der Waals surface area contributed by atoms with Gasteiger partial charge in [-0.2, -0.15) is 0 Å². The lowest BCUT2D eigenvalue weighted by Crippen LogP contribution is -2.40. The van der Waals surface area contributed by atoms with E-state index >= 15 is 0 Å². The summed E-state index contributed by atoms with van der Waals surface area (Å²) in [5.41, 5.74) is 2.51. The molecule has 0 unspecified atom stereocenters. The molecule has 0 atom stereocenters. The Kier molecular flexibility index (Phi) is 5.22. The second-order valence-electron chi connectivity index (χ2n) is 7.51. The highest BCUT2D eigenvalue weighted by atomic mass is 19.1. The number of carbonyl (C=O) groups is 1. The summed E-state index contributed by atoms with van der Waals surface area (Å²) < 4.78 is 41.7. The topological polar surface area (TPSA) is 56.9 Å². The van der Waals surface area contributed by atoms with E-state index in [0.29, 0.717) is 30.1 Å². The van der Waals surface area contributed by atoms with Crippen LogP contribution in [0.1, 0.15) is 31.2 Å². The Morgan fingerprint density at radius 3 is 2.48 bits per heavy atom. The fourth-order valence-corrected chi connectivity index (χ4v) is 4.11. The summed E-state index contributed by atoms with van der Waals surface area (Å²) >= 11 is 0. The van der Waals surface area contributed by atoms with E-state index in [1.165, 1.54) is 18.2 Å². The number of H-pyrrole nitrogens is 1. The maximum absolute atomic E-state index is 14.4. The van der Waals surface area contributed by atoms with Crippen LogP contribution in [0.2, 0.25) is 0 Å². The Labute approximate surface area is 166 Å². The lowest BCUT2D eigenvalue weighted by Gasteiger charge is -2.36. The van der Waals surface area contributed by atoms with Gasteiger partial charge in [0.2, 0.25) is 0 Å². The van der Waals surface area contributed by atoms with E-state index in [-0.39, 0.29) is 23.3 Å². The number of fused-ring (bicyclic) bond motifs is 1. The lowest BCUT2D eigenvalue weighted by atomic mass is 9.70. The van der Waals surface area contributed by atoms with Crippen molar-refractivity contribution >= 4 is 16.9 Å². The standard InChI is InChI=1S/C22H22F3N3O/c1-2-26-22(29)27-11-12-7-14(8-12)19-17-9-16(24)10-18(25)21(17)28-20(19)13-3-5-15(23)6-4-13/h3-6,9-10,12,14,28H,2,7-8,11H2,1H3,(H2,26,27,29). The molecule has 4 nitrogen and oxygen atoms in total. The number of urea groups is 1. The van der Waals surface area contributed by atoms with Crippen LogP contribution in [-0.2, 0) is 0 Å². The molecule has 0 aliphatic heterocycles. The summed E-state index contributed by atoms with van der Waals surface area (Å²) in [6, 6.07) is 7.96. The summed E-state index contributed by atoms with van der Waals surface area (Å²) in [5, 5.41) is 6.05. The summed E-state index contributed by atoms with van der Waals surface area (Å²) in [5.74, 6) is -1.24. The van der Waals surface area contributed by atoms with Crippen molar-refractivity contribution in [2.24, 2.45) is 5.92 Å². The second-order valence-corrected chi connectivity index (χ2v) is 7.51. The van der Waals surface area contributed by atoms with Crippen LogP contribution in [0.5, 0.6) is 0 Å². The first-order valence-electron chi connectivity index (χ1n) is 9.74. The van der Waals surface area contributed by atoms with Crippen molar-refractivity contribution in [1.82, 2.24) is 15.6 Å². The van der Waals surface area contributed by atoms with Gasteiger partial charge in [-0.3, -0.25) is 0 Å². The first-order chi connectivity index (χ1) is 14.0. The van der Waals surface area contributed by atoms with Crippen molar-refractivity contribution in [2.45, 2.75) is 25.7 Å². The van der Waals surface area contributed by atoms with Gasteiger partial charge in [0.1, 0.15) is 17.5 Å². The smallest absolute Gasteiger partial charge is 0.314 e. The number of amides is 2. The van der Waals surface area contributed by atoms with Gasteiger partial charge in [0.25, 0.3) is 0 Å². The van der Waals surface area contributed by atoms with Gasteiger partial charge in [-0.1, -0.05) is 0 Å². The molecule has 1 aliphatic carbocycles. The average Bonchev–Trinajstić information content (AvgIpc) is 3.01. The molecule has 1 aliphatic rings. The first kappa shape index (κ1) is 19.4. The highest BCUT2D eigenvalue weighted by Crippen LogP contribution is 2.48. The van der Waals surface area contributed by atoms with E-state index in [9.17, 15) is 18.0 Å². The monoisotopic (exact) mass is 401 g/mol. The molecule has 29 heavy (non-hydrogen) atoms. The summed E-state index contributed by atoms with van der Waals surface area (Å²) in [6.45, 7) is 2.97. The lowest BCUT2D eigenvalue weighted by molar-refractivity contribution is 0.225. The van der Waals surface area contributed by atoms with Gasteiger partial charge in [-0.15, -0.1) is 0 Å². The van der Waals surface area contributed by atoms with Gasteiger partial charge < -0.3 is 15.6 Å². The molecule has 1 saturated carbocycles. The third-order valence-electron chi connectivity index (χ3n) is 5.53. The number of aromatic amines is 1. The van der Waals surface area contributed by atoms with Crippen molar-refractivity contribution in [3.05, 3.63) is 59.4 Å². The molecule has 1 heterocycles. The van der Waals surface area contributed by atoms with Crippen LogP contribution in [-0.4, -0.2) is 24.1 Å². The minimum Gasteiger partial charge on any atom is -0.352 e. The number of hydrogen-bond donors (Lipinski definition) is 3. The molecule has 0 radical (unpaired) electrons. The van der Waals surface area contributed by atoms with Gasteiger partial charge in [0.15, 0.2) is 0 Å². The Bertz CT molecular complexity index is 1040. The van der Waals surface area contributed by atoms with Gasteiger partial charge >= 0.3 is 6.03 Å². The van der Waals surface area contributed by atoms with Crippen molar-refractivity contribution in [3.8, 4) is 11.3 Å². The molecule has 3 N–H and O–H groups in total. The summed E-state index contributed by atoms with van der Waals surface area (Å²) in [6.07, 6.45) is 1.59. The largest absolute Gasteiger partial charge is 0.352 e. The summed E-state index contributed by atoms with van der Waals surface area (Å²) in [4.78, 5) is 14.7. The van der Waals surface area contributed by atoms with E-state index in [1.54, 1.807) is 12.1 Å². The van der Waals surface area contributed by atoms with Crippen molar-refractivity contribution < 1.29 is 18.0 Å². The zero-order chi connectivity index (χ0) is 20.5. The molecule has 2 aromatic carbocycles. The average molecular weight is 401 g/mol. The zero-order valence-electron chi connectivity index (χ0n) is 16.0. The third kappa shape index (κ3) is 3.81. The Morgan fingerprint density at radius 2 is 1.79 bits per heavy atom. The molecular formula is C22H22F3N3O. The van der Waals surface area contributed by atoms with E-state index in [2.05, 4.69) is 15.6 Å². The number of rotatable bonds is 5. The van der Waals surface area contributed by atoms with Crippen LogP contribution in [0.4, 0.5) is 18.0 Å². The van der Waals surface area contributed by atoms with E-state index in [0.717, 1.165) is 30.0 Å². The predicted molar refractivity (Wildman–Crippen MR) is 106 cm³/mol. The van der Waals surface area contributed by atoms with Crippen LogP contribution < -0.4 is 10.6 Å². The highest BCUT2D eigenvalue weighted by Gasteiger charge is 2.34. The Hall–Kier alpha value is -2.96. The summed E-state index contributed by atoms with van der Waals surface area (Å²) in [7, 11) is 0.